The molecule has 1 amide bonds. The minimum absolute atomic E-state index is 0.0497. The van der Waals surface area contributed by atoms with Gasteiger partial charge in [0.15, 0.2) is 0 Å². The van der Waals surface area contributed by atoms with Crippen molar-refractivity contribution >= 4 is 11.7 Å². The fraction of sp³-hybridized carbons (Fsp3) is 0.636. The van der Waals surface area contributed by atoms with Crippen LogP contribution in [-0.4, -0.2) is 42.2 Å². The molecule has 1 aromatic heterocycles. The van der Waals surface area contributed by atoms with Crippen molar-refractivity contribution in [2.45, 2.75) is 97.9 Å². The number of carbonyl (C=O) groups is 1. The molecule has 0 bridgehead atoms. The second-order valence-electron chi connectivity index (χ2n) is 10.9. The molecule has 39 heavy (non-hydrogen) atoms. The van der Waals surface area contributed by atoms with Gasteiger partial charge >= 0.3 is 0 Å². The number of rotatable bonds is 19. The Balaban J connectivity index is 1.72. The molecule has 0 aliphatic carbocycles. The van der Waals surface area contributed by atoms with Crippen LogP contribution in [-0.2, 0) is 11.3 Å². The summed E-state index contributed by atoms with van der Waals surface area (Å²) in [6.07, 6.45) is 19.6. The van der Waals surface area contributed by atoms with Crippen LogP contribution in [0.15, 0.2) is 54.4 Å². The van der Waals surface area contributed by atoms with Gasteiger partial charge in [-0.3, -0.25) is 4.79 Å². The van der Waals surface area contributed by atoms with E-state index in [1.807, 2.05) is 18.3 Å². The molecule has 0 aromatic carbocycles. The second-order valence-corrected chi connectivity index (χ2v) is 10.9. The van der Waals surface area contributed by atoms with Crippen LogP contribution in [0.25, 0.3) is 0 Å². The van der Waals surface area contributed by atoms with Crippen LogP contribution >= 0.6 is 0 Å². The summed E-state index contributed by atoms with van der Waals surface area (Å²) < 4.78 is 0. The maximum atomic E-state index is 12.4. The Morgan fingerprint density at radius 1 is 1.18 bits per heavy atom. The number of hydrogen-bond donors (Lipinski definition) is 3. The molecule has 6 heteroatoms. The molecule has 1 aliphatic rings. The number of aliphatic hydroxyl groups is 1. The monoisotopic (exact) mass is 538 g/mol. The predicted molar refractivity (Wildman–Crippen MR) is 165 cm³/mol. The molecule has 1 aromatic rings. The van der Waals surface area contributed by atoms with E-state index in [0.717, 1.165) is 75.1 Å². The van der Waals surface area contributed by atoms with Crippen LogP contribution < -0.4 is 15.5 Å². The Bertz CT molecular complexity index is 885. The van der Waals surface area contributed by atoms with Crippen LogP contribution in [0.4, 0.5) is 5.82 Å². The number of amides is 1. The average Bonchev–Trinajstić information content (AvgIpc) is 2.98. The molecule has 1 fully saturated rings. The van der Waals surface area contributed by atoms with E-state index in [9.17, 15) is 9.90 Å². The summed E-state index contributed by atoms with van der Waals surface area (Å²) in [4.78, 5) is 19.4. The van der Waals surface area contributed by atoms with Gasteiger partial charge in [0.1, 0.15) is 5.82 Å². The molecular weight excluding hydrogens is 484 g/mol. The van der Waals surface area contributed by atoms with Gasteiger partial charge in [-0.15, -0.1) is 6.58 Å². The number of nitrogens with one attached hydrogen (secondary N) is 2. The van der Waals surface area contributed by atoms with Crippen LogP contribution in [0, 0.1) is 11.8 Å². The smallest absolute Gasteiger partial charge is 0.220 e. The van der Waals surface area contributed by atoms with Gasteiger partial charge in [-0.25, -0.2) is 4.98 Å². The van der Waals surface area contributed by atoms with Gasteiger partial charge < -0.3 is 20.6 Å². The van der Waals surface area contributed by atoms with Gasteiger partial charge in [0, 0.05) is 44.5 Å². The van der Waals surface area contributed by atoms with Crippen molar-refractivity contribution in [3.63, 3.8) is 0 Å². The summed E-state index contributed by atoms with van der Waals surface area (Å²) >= 11 is 0. The fourth-order valence-corrected chi connectivity index (χ4v) is 5.12. The lowest BCUT2D eigenvalue weighted by Crippen LogP contribution is -2.37. The van der Waals surface area contributed by atoms with Crippen LogP contribution in [0.1, 0.15) is 97.0 Å². The molecule has 6 nitrogen and oxygen atoms in total. The SMILES string of the molecule is C=CC/C=C(\C=C(/CC)NCC1CCN(c2ccc(CNC(=O)CCC(CC)CCCCC)cn2)CC1)CO. The Hall–Kier alpha value is -2.60. The van der Waals surface area contributed by atoms with Gasteiger partial charge in [0.2, 0.25) is 5.91 Å². The summed E-state index contributed by atoms with van der Waals surface area (Å²) in [6, 6.07) is 4.18. The number of pyridine rings is 1. The number of piperidine rings is 1. The second kappa shape index (κ2) is 19.5. The third-order valence-electron chi connectivity index (χ3n) is 7.90. The normalized spacial score (nSPS) is 15.7. The molecule has 218 valence electrons. The lowest BCUT2D eigenvalue weighted by atomic mass is 9.94. The van der Waals surface area contributed by atoms with Crippen molar-refractivity contribution in [3.05, 3.63) is 60.0 Å². The first kappa shape index (κ1) is 32.6. The standard InChI is InChI=1S/C33H54N4O2/c1-5-9-11-13-27(7-3)15-17-33(39)36-25-30-14-16-32(35-24-30)37-20-18-28(19-21-37)23-34-31(8-4)22-29(26-38)12-10-6-2/h6,12,14,16,22,24,27-28,34,38H,2,5,7-11,13,15,17-21,23,25-26H2,1,3-4H3,(H,36,39)/b29-12+,31-22+. The van der Waals surface area contributed by atoms with E-state index in [-0.39, 0.29) is 12.5 Å². The summed E-state index contributed by atoms with van der Waals surface area (Å²) in [5.41, 5.74) is 3.15. The van der Waals surface area contributed by atoms with Gasteiger partial charge in [-0.1, -0.05) is 71.1 Å². The zero-order valence-corrected chi connectivity index (χ0v) is 24.9. The minimum Gasteiger partial charge on any atom is -0.392 e. The molecule has 1 aliphatic heterocycles. The maximum absolute atomic E-state index is 12.4. The first-order chi connectivity index (χ1) is 19.0. The van der Waals surface area contributed by atoms with E-state index >= 15 is 0 Å². The Kier molecular flexibility index (Phi) is 16.3. The van der Waals surface area contributed by atoms with Gasteiger partial charge in [0.25, 0.3) is 0 Å². The molecule has 3 N–H and O–H groups in total. The van der Waals surface area contributed by atoms with Gasteiger partial charge in [0.05, 0.1) is 6.61 Å². The zero-order chi connectivity index (χ0) is 28.3. The molecule has 0 radical (unpaired) electrons. The van der Waals surface area contributed by atoms with Crippen LogP contribution in [0.3, 0.4) is 0 Å². The topological polar surface area (TPSA) is 77.5 Å². The zero-order valence-electron chi connectivity index (χ0n) is 24.9. The van der Waals surface area contributed by atoms with E-state index < -0.39 is 0 Å². The highest BCUT2D eigenvalue weighted by Crippen LogP contribution is 2.22. The molecule has 1 saturated heterocycles. The van der Waals surface area contributed by atoms with E-state index in [1.165, 1.54) is 31.4 Å². The lowest BCUT2D eigenvalue weighted by Gasteiger charge is -2.33. The molecule has 2 rings (SSSR count). The molecule has 1 unspecified atom stereocenters. The summed E-state index contributed by atoms with van der Waals surface area (Å²) in [5, 5.41) is 16.3. The lowest BCUT2D eigenvalue weighted by molar-refractivity contribution is -0.121. The number of anilines is 1. The van der Waals surface area contributed by atoms with Crippen molar-refractivity contribution < 1.29 is 9.90 Å². The van der Waals surface area contributed by atoms with Crippen molar-refractivity contribution in [2.75, 3.05) is 31.1 Å². The van der Waals surface area contributed by atoms with E-state index in [4.69, 9.17) is 4.98 Å². The molecule has 1 atom stereocenters. The highest BCUT2D eigenvalue weighted by atomic mass is 16.3. The Morgan fingerprint density at radius 2 is 1.97 bits per heavy atom. The van der Waals surface area contributed by atoms with Crippen molar-refractivity contribution in [1.82, 2.24) is 15.6 Å². The van der Waals surface area contributed by atoms with E-state index in [2.05, 4.69) is 61.1 Å². The van der Waals surface area contributed by atoms with Crippen LogP contribution in [0.2, 0.25) is 0 Å². The van der Waals surface area contributed by atoms with E-state index in [0.29, 0.717) is 24.8 Å². The van der Waals surface area contributed by atoms with Crippen LogP contribution in [0.5, 0.6) is 0 Å². The third kappa shape index (κ3) is 12.9. The maximum Gasteiger partial charge on any atom is 0.220 e. The Labute approximate surface area is 238 Å². The minimum atomic E-state index is 0.0497. The number of aliphatic hydroxyl groups excluding tert-OH is 1. The number of nitrogens with zero attached hydrogens (tertiary/aromatic N) is 2. The van der Waals surface area contributed by atoms with Gasteiger partial charge in [-0.2, -0.15) is 0 Å². The van der Waals surface area contributed by atoms with Crippen molar-refractivity contribution in [2.24, 2.45) is 11.8 Å². The number of carbonyl (C=O) groups excluding carboxylic acids is 1. The number of hydrogen-bond acceptors (Lipinski definition) is 5. The number of aromatic nitrogens is 1. The highest BCUT2D eigenvalue weighted by molar-refractivity contribution is 5.75. The molecule has 2 heterocycles. The first-order valence-electron chi connectivity index (χ1n) is 15.3. The third-order valence-corrected chi connectivity index (χ3v) is 7.90. The van der Waals surface area contributed by atoms with Gasteiger partial charge in [-0.05, 0) is 67.2 Å². The average molecular weight is 539 g/mol. The highest BCUT2D eigenvalue weighted by Gasteiger charge is 2.20. The fourth-order valence-electron chi connectivity index (χ4n) is 5.12. The predicted octanol–water partition coefficient (Wildman–Crippen LogP) is 6.68. The summed E-state index contributed by atoms with van der Waals surface area (Å²) in [7, 11) is 0. The van der Waals surface area contributed by atoms with E-state index in [1.54, 1.807) is 0 Å². The quantitative estimate of drug-likeness (QED) is 0.104. The molecule has 0 spiro atoms. The number of unbranched alkanes of at least 4 members (excludes halogenated alkanes) is 2. The molecular formula is C33H54N4O2. The summed E-state index contributed by atoms with van der Waals surface area (Å²) in [6.45, 7) is 13.9. The Morgan fingerprint density at radius 3 is 2.59 bits per heavy atom. The number of allylic oxidation sites excluding steroid dienone is 3. The van der Waals surface area contributed by atoms with Crippen molar-refractivity contribution in [3.8, 4) is 0 Å². The first-order valence-corrected chi connectivity index (χ1v) is 15.3. The summed E-state index contributed by atoms with van der Waals surface area (Å²) in [5.74, 6) is 2.45. The molecule has 0 saturated carbocycles. The van der Waals surface area contributed by atoms with Crippen molar-refractivity contribution in [1.29, 1.82) is 0 Å². The largest absolute Gasteiger partial charge is 0.392 e.